The first-order chi connectivity index (χ1) is 10.1. The van der Waals surface area contributed by atoms with Crippen LogP contribution in [0.4, 0.5) is 5.69 Å². The van der Waals surface area contributed by atoms with Crippen molar-refractivity contribution in [3.8, 4) is 0 Å². The Morgan fingerprint density at radius 3 is 2.76 bits per heavy atom. The van der Waals surface area contributed by atoms with E-state index in [1.54, 1.807) is 0 Å². The van der Waals surface area contributed by atoms with Crippen molar-refractivity contribution in [2.24, 2.45) is 5.92 Å². The van der Waals surface area contributed by atoms with Crippen molar-refractivity contribution in [3.05, 3.63) is 42.0 Å². The van der Waals surface area contributed by atoms with Crippen LogP contribution < -0.4 is 10.6 Å². The number of hydrogen-bond donors (Lipinski definition) is 2. The van der Waals surface area contributed by atoms with Crippen LogP contribution in [0, 0.1) is 5.92 Å². The standard InChI is InChI=1S/C17H22N2O2/c1-12(18-17(21)14-7-4-3-5-8-14)15-9-6-10-16(11-15)19-13(2)20/h3-4,6,9-12,14H,5,7-8H2,1-2H3,(H,18,21)(H,19,20)/t12-,14+/m0/s1. The first-order valence-electron chi connectivity index (χ1n) is 7.39. The predicted molar refractivity (Wildman–Crippen MR) is 83.8 cm³/mol. The highest BCUT2D eigenvalue weighted by Gasteiger charge is 2.20. The largest absolute Gasteiger partial charge is 0.349 e. The number of amides is 2. The average molecular weight is 286 g/mol. The number of carbonyl (C=O) groups is 2. The second kappa shape index (κ2) is 7.07. The molecule has 0 heterocycles. The van der Waals surface area contributed by atoms with E-state index >= 15 is 0 Å². The van der Waals surface area contributed by atoms with Gasteiger partial charge in [0, 0.05) is 18.5 Å². The predicted octanol–water partition coefficient (Wildman–Crippen LogP) is 3.18. The van der Waals surface area contributed by atoms with Crippen LogP contribution >= 0.6 is 0 Å². The van der Waals surface area contributed by atoms with Gasteiger partial charge in [-0.25, -0.2) is 0 Å². The normalized spacial score (nSPS) is 18.9. The van der Waals surface area contributed by atoms with E-state index in [1.807, 2.05) is 31.2 Å². The summed E-state index contributed by atoms with van der Waals surface area (Å²) in [5, 5.41) is 5.82. The summed E-state index contributed by atoms with van der Waals surface area (Å²) in [5.74, 6) is 0.0885. The first-order valence-corrected chi connectivity index (χ1v) is 7.39. The quantitative estimate of drug-likeness (QED) is 0.835. The summed E-state index contributed by atoms with van der Waals surface area (Å²) in [6.07, 6.45) is 6.93. The van der Waals surface area contributed by atoms with Gasteiger partial charge in [0.2, 0.25) is 11.8 Å². The zero-order valence-corrected chi connectivity index (χ0v) is 12.6. The van der Waals surface area contributed by atoms with Crippen molar-refractivity contribution in [3.63, 3.8) is 0 Å². The molecule has 0 fully saturated rings. The van der Waals surface area contributed by atoms with Gasteiger partial charge in [0.15, 0.2) is 0 Å². The van der Waals surface area contributed by atoms with Crippen molar-refractivity contribution in [1.82, 2.24) is 5.32 Å². The van der Waals surface area contributed by atoms with E-state index < -0.39 is 0 Å². The minimum absolute atomic E-state index is 0.0721. The zero-order chi connectivity index (χ0) is 15.2. The molecule has 112 valence electrons. The van der Waals surface area contributed by atoms with Gasteiger partial charge in [0.25, 0.3) is 0 Å². The lowest BCUT2D eigenvalue weighted by molar-refractivity contribution is -0.125. The molecule has 1 aromatic rings. The highest BCUT2D eigenvalue weighted by atomic mass is 16.2. The van der Waals surface area contributed by atoms with Crippen LogP contribution in [-0.2, 0) is 9.59 Å². The molecule has 0 spiro atoms. The molecule has 4 heteroatoms. The molecule has 0 aliphatic heterocycles. The van der Waals surface area contributed by atoms with Crippen LogP contribution in [0.1, 0.15) is 44.7 Å². The van der Waals surface area contributed by atoms with Crippen molar-refractivity contribution in [1.29, 1.82) is 0 Å². The molecule has 0 saturated carbocycles. The van der Waals surface area contributed by atoms with E-state index in [2.05, 4.69) is 22.8 Å². The van der Waals surface area contributed by atoms with E-state index in [4.69, 9.17) is 0 Å². The molecule has 1 aromatic carbocycles. The van der Waals surface area contributed by atoms with Gasteiger partial charge in [-0.1, -0.05) is 24.3 Å². The molecular formula is C17H22N2O2. The number of benzene rings is 1. The van der Waals surface area contributed by atoms with Crippen LogP contribution in [0.3, 0.4) is 0 Å². The van der Waals surface area contributed by atoms with Crippen LogP contribution in [0.25, 0.3) is 0 Å². The van der Waals surface area contributed by atoms with Crippen molar-refractivity contribution >= 4 is 17.5 Å². The monoisotopic (exact) mass is 286 g/mol. The lowest BCUT2D eigenvalue weighted by Gasteiger charge is -2.21. The Bertz CT molecular complexity index is 551. The summed E-state index contributed by atoms with van der Waals surface area (Å²) >= 11 is 0. The van der Waals surface area contributed by atoms with E-state index in [-0.39, 0.29) is 23.8 Å². The van der Waals surface area contributed by atoms with Gasteiger partial charge in [-0.05, 0) is 43.9 Å². The molecule has 21 heavy (non-hydrogen) atoms. The Morgan fingerprint density at radius 2 is 2.10 bits per heavy atom. The van der Waals surface area contributed by atoms with Gasteiger partial charge >= 0.3 is 0 Å². The lowest BCUT2D eigenvalue weighted by Crippen LogP contribution is -2.33. The van der Waals surface area contributed by atoms with Crippen LogP contribution in [0.5, 0.6) is 0 Å². The van der Waals surface area contributed by atoms with Gasteiger partial charge in [-0.15, -0.1) is 0 Å². The van der Waals surface area contributed by atoms with Gasteiger partial charge < -0.3 is 10.6 Å². The molecule has 4 nitrogen and oxygen atoms in total. The minimum Gasteiger partial charge on any atom is -0.349 e. The molecule has 2 N–H and O–H groups in total. The molecule has 0 bridgehead atoms. The molecule has 2 amide bonds. The van der Waals surface area contributed by atoms with E-state index in [9.17, 15) is 9.59 Å². The fourth-order valence-corrected chi connectivity index (χ4v) is 2.54. The number of anilines is 1. The van der Waals surface area contributed by atoms with Gasteiger partial charge in [-0.2, -0.15) is 0 Å². The van der Waals surface area contributed by atoms with E-state index in [1.165, 1.54) is 6.92 Å². The third-order valence-corrected chi connectivity index (χ3v) is 3.71. The lowest BCUT2D eigenvalue weighted by atomic mass is 9.93. The Balaban J connectivity index is 1.99. The zero-order valence-electron chi connectivity index (χ0n) is 12.6. The Morgan fingerprint density at radius 1 is 1.29 bits per heavy atom. The van der Waals surface area contributed by atoms with E-state index in [0.29, 0.717) is 0 Å². The highest BCUT2D eigenvalue weighted by molar-refractivity contribution is 5.88. The fourth-order valence-electron chi connectivity index (χ4n) is 2.54. The second-order valence-corrected chi connectivity index (χ2v) is 5.52. The molecule has 2 rings (SSSR count). The molecule has 0 aromatic heterocycles. The third kappa shape index (κ3) is 4.45. The maximum Gasteiger partial charge on any atom is 0.223 e. The molecule has 1 aliphatic carbocycles. The molecule has 2 atom stereocenters. The topological polar surface area (TPSA) is 58.2 Å². The van der Waals surface area contributed by atoms with Crippen molar-refractivity contribution < 1.29 is 9.59 Å². The SMILES string of the molecule is CC(=O)Nc1cccc([C@H](C)NC(=O)[C@@H]2CC=CCC2)c1. The third-order valence-electron chi connectivity index (χ3n) is 3.71. The number of hydrogen-bond acceptors (Lipinski definition) is 2. The number of carbonyl (C=O) groups excluding carboxylic acids is 2. The summed E-state index contributed by atoms with van der Waals surface area (Å²) in [5.41, 5.74) is 1.74. The molecule has 0 saturated heterocycles. The molecule has 1 aliphatic rings. The molecular weight excluding hydrogens is 264 g/mol. The maximum atomic E-state index is 12.2. The van der Waals surface area contributed by atoms with Crippen LogP contribution in [0.15, 0.2) is 36.4 Å². The Labute approximate surface area is 125 Å². The summed E-state index contributed by atoms with van der Waals surface area (Å²) in [6, 6.07) is 7.50. The maximum absolute atomic E-state index is 12.2. The summed E-state index contributed by atoms with van der Waals surface area (Å²) < 4.78 is 0. The fraction of sp³-hybridized carbons (Fsp3) is 0.412. The number of allylic oxidation sites excluding steroid dienone is 2. The summed E-state index contributed by atoms with van der Waals surface area (Å²) in [6.45, 7) is 3.44. The number of rotatable bonds is 4. The van der Waals surface area contributed by atoms with Crippen LogP contribution in [0.2, 0.25) is 0 Å². The summed E-state index contributed by atoms with van der Waals surface area (Å²) in [4.78, 5) is 23.3. The van der Waals surface area contributed by atoms with Crippen molar-refractivity contribution in [2.45, 2.75) is 39.2 Å². The second-order valence-electron chi connectivity index (χ2n) is 5.52. The van der Waals surface area contributed by atoms with Crippen LogP contribution in [-0.4, -0.2) is 11.8 Å². The van der Waals surface area contributed by atoms with Gasteiger partial charge in [-0.3, -0.25) is 9.59 Å². The molecule has 0 unspecified atom stereocenters. The average Bonchev–Trinajstić information content (AvgIpc) is 2.47. The summed E-state index contributed by atoms with van der Waals surface area (Å²) in [7, 11) is 0. The van der Waals surface area contributed by atoms with E-state index in [0.717, 1.165) is 30.5 Å². The Kier molecular flexibility index (Phi) is 5.14. The smallest absolute Gasteiger partial charge is 0.223 e. The van der Waals surface area contributed by atoms with Gasteiger partial charge in [0.1, 0.15) is 0 Å². The van der Waals surface area contributed by atoms with Crippen molar-refractivity contribution in [2.75, 3.05) is 5.32 Å². The highest BCUT2D eigenvalue weighted by Crippen LogP contribution is 2.21. The Hall–Kier alpha value is -2.10. The van der Waals surface area contributed by atoms with Gasteiger partial charge in [0.05, 0.1) is 6.04 Å². The minimum atomic E-state index is -0.0992. The number of nitrogens with one attached hydrogen (secondary N) is 2. The molecule has 0 radical (unpaired) electrons. The first kappa shape index (κ1) is 15.3.